The quantitative estimate of drug-likeness (QED) is 0.842. The Morgan fingerprint density at radius 3 is 2.86 bits per heavy atom. The molecule has 3 nitrogen and oxygen atoms in total. The second kappa shape index (κ2) is 6.93. The van der Waals surface area contributed by atoms with E-state index in [4.69, 9.17) is 5.73 Å². The molecule has 0 spiro atoms. The summed E-state index contributed by atoms with van der Waals surface area (Å²) in [5, 5.41) is 3.25. The highest BCUT2D eigenvalue weighted by Gasteiger charge is 2.26. The van der Waals surface area contributed by atoms with Gasteiger partial charge in [0.1, 0.15) is 0 Å². The van der Waals surface area contributed by atoms with Crippen LogP contribution in [-0.2, 0) is 12.8 Å². The molecule has 0 aromatic carbocycles. The fourth-order valence-corrected chi connectivity index (χ4v) is 4.86. The van der Waals surface area contributed by atoms with Crippen LogP contribution in [0.3, 0.4) is 0 Å². The Bertz CT molecular complexity index is 473. The number of carbonyl (C=O) groups is 1. The molecule has 2 aliphatic rings. The minimum absolute atomic E-state index is 0.124. The molecule has 1 aromatic rings. The third-order valence-electron chi connectivity index (χ3n) is 5.00. The third-order valence-corrected chi connectivity index (χ3v) is 6.23. The Morgan fingerprint density at radius 1 is 1.19 bits per heavy atom. The van der Waals surface area contributed by atoms with Crippen LogP contribution in [-0.4, -0.2) is 18.5 Å². The molecule has 1 amide bonds. The van der Waals surface area contributed by atoms with E-state index in [-0.39, 0.29) is 11.9 Å². The van der Waals surface area contributed by atoms with Crippen molar-refractivity contribution in [2.75, 3.05) is 6.54 Å². The van der Waals surface area contributed by atoms with Crippen molar-refractivity contribution in [2.24, 2.45) is 11.7 Å². The molecule has 1 heterocycles. The summed E-state index contributed by atoms with van der Waals surface area (Å²) in [6, 6.07) is 2.42. The van der Waals surface area contributed by atoms with Crippen molar-refractivity contribution in [1.29, 1.82) is 0 Å². The smallest absolute Gasteiger partial charge is 0.261 e. The van der Waals surface area contributed by atoms with Gasteiger partial charge in [-0.1, -0.05) is 19.3 Å². The van der Waals surface area contributed by atoms with Crippen molar-refractivity contribution < 1.29 is 4.79 Å². The molecule has 0 bridgehead atoms. The van der Waals surface area contributed by atoms with Crippen LogP contribution in [0.4, 0.5) is 0 Å². The average molecular weight is 306 g/mol. The first-order chi connectivity index (χ1) is 10.3. The lowest BCUT2D eigenvalue weighted by molar-refractivity contribution is 0.0912. The summed E-state index contributed by atoms with van der Waals surface area (Å²) in [5.41, 5.74) is 7.27. The molecular weight excluding hydrogens is 280 g/mol. The molecule has 0 radical (unpaired) electrons. The van der Waals surface area contributed by atoms with E-state index in [9.17, 15) is 4.79 Å². The number of amides is 1. The van der Waals surface area contributed by atoms with Crippen LogP contribution in [0.25, 0.3) is 0 Å². The number of hydrogen-bond donors (Lipinski definition) is 2. The second-order valence-corrected chi connectivity index (χ2v) is 7.62. The number of nitrogens with two attached hydrogens (primary N) is 1. The van der Waals surface area contributed by atoms with Gasteiger partial charge in [0.15, 0.2) is 0 Å². The van der Waals surface area contributed by atoms with Crippen LogP contribution < -0.4 is 11.1 Å². The van der Waals surface area contributed by atoms with Gasteiger partial charge in [0, 0.05) is 10.9 Å². The molecule has 116 valence electrons. The Kier molecular flexibility index (Phi) is 4.96. The number of nitrogens with one attached hydrogen (secondary N) is 1. The molecule has 2 atom stereocenters. The van der Waals surface area contributed by atoms with E-state index >= 15 is 0 Å². The normalized spacial score (nSPS) is 26.0. The zero-order chi connectivity index (χ0) is 14.7. The zero-order valence-corrected chi connectivity index (χ0v) is 13.5. The first-order valence-electron chi connectivity index (χ1n) is 8.40. The molecule has 3 rings (SSSR count). The molecule has 3 N–H and O–H groups in total. The van der Waals surface area contributed by atoms with Gasteiger partial charge in [-0.2, -0.15) is 0 Å². The van der Waals surface area contributed by atoms with E-state index in [2.05, 4.69) is 11.4 Å². The van der Waals surface area contributed by atoms with Gasteiger partial charge in [0.25, 0.3) is 5.91 Å². The molecule has 0 aliphatic heterocycles. The van der Waals surface area contributed by atoms with Crippen molar-refractivity contribution in [1.82, 2.24) is 5.32 Å². The van der Waals surface area contributed by atoms with Crippen LogP contribution in [0, 0.1) is 5.92 Å². The molecule has 0 saturated heterocycles. The monoisotopic (exact) mass is 306 g/mol. The number of aryl methyl sites for hydroxylation is 2. The fraction of sp³-hybridized carbons (Fsp3) is 0.706. The highest BCUT2D eigenvalue weighted by Crippen LogP contribution is 2.30. The lowest BCUT2D eigenvalue weighted by atomic mass is 9.84. The summed E-state index contributed by atoms with van der Waals surface area (Å²) in [5.74, 6) is 0.582. The van der Waals surface area contributed by atoms with E-state index in [1.165, 1.54) is 42.5 Å². The van der Waals surface area contributed by atoms with E-state index < -0.39 is 0 Å². The first kappa shape index (κ1) is 15.0. The van der Waals surface area contributed by atoms with Gasteiger partial charge in [-0.3, -0.25) is 4.79 Å². The van der Waals surface area contributed by atoms with Crippen molar-refractivity contribution in [2.45, 2.75) is 63.8 Å². The van der Waals surface area contributed by atoms with Crippen molar-refractivity contribution in [3.8, 4) is 0 Å². The summed E-state index contributed by atoms with van der Waals surface area (Å²) in [7, 11) is 0. The molecule has 2 unspecified atom stereocenters. The maximum absolute atomic E-state index is 12.5. The zero-order valence-electron chi connectivity index (χ0n) is 12.7. The third kappa shape index (κ3) is 3.49. The molecular formula is C17H26N2OS. The van der Waals surface area contributed by atoms with Gasteiger partial charge in [-0.05, 0) is 62.6 Å². The van der Waals surface area contributed by atoms with Crippen LogP contribution >= 0.6 is 11.3 Å². The summed E-state index contributed by atoms with van der Waals surface area (Å²) in [6.07, 6.45) is 10.9. The molecule has 1 fully saturated rings. The van der Waals surface area contributed by atoms with Gasteiger partial charge in [0.05, 0.1) is 4.88 Å². The van der Waals surface area contributed by atoms with Crippen LogP contribution in [0.2, 0.25) is 0 Å². The maximum atomic E-state index is 12.5. The fourth-order valence-electron chi connectivity index (χ4n) is 3.70. The highest BCUT2D eigenvalue weighted by atomic mass is 32.1. The Morgan fingerprint density at radius 2 is 2.00 bits per heavy atom. The Labute approximate surface area is 131 Å². The Balaban J connectivity index is 1.67. The van der Waals surface area contributed by atoms with E-state index in [0.29, 0.717) is 12.5 Å². The average Bonchev–Trinajstić information content (AvgIpc) is 2.79. The largest absolute Gasteiger partial charge is 0.348 e. The predicted molar refractivity (Wildman–Crippen MR) is 87.8 cm³/mol. The maximum Gasteiger partial charge on any atom is 0.261 e. The predicted octanol–water partition coefficient (Wildman–Crippen LogP) is 3.26. The first-order valence-corrected chi connectivity index (χ1v) is 9.22. The Hall–Kier alpha value is -0.870. The van der Waals surface area contributed by atoms with Crippen molar-refractivity contribution in [3.63, 3.8) is 0 Å². The number of hydrogen-bond acceptors (Lipinski definition) is 3. The number of carbonyl (C=O) groups excluding carboxylic acids is 1. The summed E-state index contributed by atoms with van der Waals surface area (Å²) >= 11 is 1.71. The van der Waals surface area contributed by atoms with Gasteiger partial charge >= 0.3 is 0 Å². The van der Waals surface area contributed by atoms with Crippen molar-refractivity contribution >= 4 is 17.2 Å². The van der Waals surface area contributed by atoms with Crippen LogP contribution in [0.5, 0.6) is 0 Å². The molecule has 1 saturated carbocycles. The molecule has 4 heteroatoms. The molecule has 2 aliphatic carbocycles. The molecule has 21 heavy (non-hydrogen) atoms. The van der Waals surface area contributed by atoms with E-state index in [1.54, 1.807) is 11.3 Å². The van der Waals surface area contributed by atoms with Gasteiger partial charge < -0.3 is 11.1 Å². The lowest BCUT2D eigenvalue weighted by Crippen LogP contribution is -2.44. The highest BCUT2D eigenvalue weighted by molar-refractivity contribution is 7.14. The minimum atomic E-state index is 0.124. The summed E-state index contributed by atoms with van der Waals surface area (Å²) in [4.78, 5) is 14.9. The van der Waals surface area contributed by atoms with Gasteiger partial charge in [-0.15, -0.1) is 11.3 Å². The van der Waals surface area contributed by atoms with Gasteiger partial charge in [0.2, 0.25) is 0 Å². The summed E-state index contributed by atoms with van der Waals surface area (Å²) in [6.45, 7) is 0.686. The van der Waals surface area contributed by atoms with Crippen LogP contribution in [0.1, 0.15) is 65.1 Å². The topological polar surface area (TPSA) is 55.1 Å². The molecule has 1 aromatic heterocycles. The van der Waals surface area contributed by atoms with Crippen LogP contribution in [0.15, 0.2) is 6.07 Å². The number of rotatable bonds is 3. The summed E-state index contributed by atoms with van der Waals surface area (Å²) < 4.78 is 0. The number of fused-ring (bicyclic) bond motifs is 1. The SMILES string of the molecule is NCC1CCCCC1NC(=O)c1cc2c(s1)CCCCC2. The van der Waals surface area contributed by atoms with Crippen molar-refractivity contribution in [3.05, 3.63) is 21.4 Å². The minimum Gasteiger partial charge on any atom is -0.348 e. The number of thiophene rings is 1. The standard InChI is InChI=1S/C17H26N2OS/c18-11-13-7-4-5-8-14(13)19-17(20)16-10-12-6-2-1-3-9-15(12)21-16/h10,13-14H,1-9,11,18H2,(H,19,20). The lowest BCUT2D eigenvalue weighted by Gasteiger charge is -2.31. The van der Waals surface area contributed by atoms with E-state index in [0.717, 1.165) is 30.6 Å². The second-order valence-electron chi connectivity index (χ2n) is 6.48. The van der Waals surface area contributed by atoms with E-state index in [1.807, 2.05) is 0 Å². The van der Waals surface area contributed by atoms with Gasteiger partial charge in [-0.25, -0.2) is 0 Å².